The number of hydrogen-bond donors (Lipinski definition) is 1. The summed E-state index contributed by atoms with van der Waals surface area (Å²) in [5, 5.41) is 3.12. The first-order valence-electron chi connectivity index (χ1n) is 7.19. The molecular weight excluding hydrogens is 274 g/mol. The van der Waals surface area contributed by atoms with Gasteiger partial charge in [0, 0.05) is 22.5 Å². The van der Waals surface area contributed by atoms with Crippen LogP contribution in [0.15, 0.2) is 0 Å². The summed E-state index contributed by atoms with van der Waals surface area (Å²) in [6.45, 7) is 15.7. The van der Waals surface area contributed by atoms with Crippen LogP contribution in [0.4, 0.5) is 0 Å². The standard InChI is InChI=1S/C15H31NOS2/c1-8-9-18-19-15(6,7)11-16-13(17)14(4,5)10-12(2)3/h12H,8-11H2,1-7H3,(H,16,17). The van der Waals surface area contributed by atoms with Crippen LogP contribution in [0.3, 0.4) is 0 Å². The van der Waals surface area contributed by atoms with Crippen LogP contribution in [0.5, 0.6) is 0 Å². The maximum atomic E-state index is 12.2. The molecule has 0 aromatic carbocycles. The van der Waals surface area contributed by atoms with Gasteiger partial charge in [-0.05, 0) is 32.6 Å². The van der Waals surface area contributed by atoms with Gasteiger partial charge in [0.05, 0.1) is 0 Å². The summed E-state index contributed by atoms with van der Waals surface area (Å²) >= 11 is 0. The van der Waals surface area contributed by atoms with E-state index in [1.54, 1.807) is 0 Å². The minimum atomic E-state index is -0.272. The van der Waals surface area contributed by atoms with Crippen LogP contribution in [-0.2, 0) is 4.79 Å². The second kappa shape index (κ2) is 8.46. The van der Waals surface area contributed by atoms with E-state index in [4.69, 9.17) is 0 Å². The molecule has 0 rings (SSSR count). The maximum absolute atomic E-state index is 12.2. The Bertz CT molecular complexity index is 275. The molecule has 0 atom stereocenters. The van der Waals surface area contributed by atoms with Crippen molar-refractivity contribution >= 4 is 27.5 Å². The molecule has 0 unspecified atom stereocenters. The zero-order chi connectivity index (χ0) is 15.1. The van der Waals surface area contributed by atoms with E-state index in [1.165, 1.54) is 12.2 Å². The van der Waals surface area contributed by atoms with Crippen LogP contribution in [0.2, 0.25) is 0 Å². The maximum Gasteiger partial charge on any atom is 0.225 e. The topological polar surface area (TPSA) is 29.1 Å². The fraction of sp³-hybridized carbons (Fsp3) is 0.933. The van der Waals surface area contributed by atoms with Crippen molar-refractivity contribution in [2.75, 3.05) is 12.3 Å². The van der Waals surface area contributed by atoms with Gasteiger partial charge in [0.2, 0.25) is 5.91 Å². The first kappa shape index (κ1) is 19.2. The van der Waals surface area contributed by atoms with E-state index in [1.807, 2.05) is 35.4 Å². The summed E-state index contributed by atoms with van der Waals surface area (Å²) in [5.41, 5.74) is -0.272. The molecule has 114 valence electrons. The number of rotatable bonds is 9. The summed E-state index contributed by atoms with van der Waals surface area (Å²) in [6.07, 6.45) is 2.12. The second-order valence-corrected chi connectivity index (χ2v) is 9.95. The van der Waals surface area contributed by atoms with E-state index in [-0.39, 0.29) is 16.1 Å². The summed E-state index contributed by atoms with van der Waals surface area (Å²) in [6, 6.07) is 0. The van der Waals surface area contributed by atoms with Crippen molar-refractivity contribution in [1.82, 2.24) is 5.32 Å². The van der Waals surface area contributed by atoms with Gasteiger partial charge in [0.25, 0.3) is 0 Å². The van der Waals surface area contributed by atoms with Gasteiger partial charge >= 0.3 is 0 Å². The normalized spacial score (nSPS) is 12.8. The monoisotopic (exact) mass is 305 g/mol. The van der Waals surface area contributed by atoms with Crippen molar-refractivity contribution in [3.05, 3.63) is 0 Å². The van der Waals surface area contributed by atoms with Crippen molar-refractivity contribution in [1.29, 1.82) is 0 Å². The van der Waals surface area contributed by atoms with Gasteiger partial charge in [-0.2, -0.15) is 0 Å². The summed E-state index contributed by atoms with van der Waals surface area (Å²) in [4.78, 5) is 12.2. The van der Waals surface area contributed by atoms with Gasteiger partial charge in [0.15, 0.2) is 0 Å². The zero-order valence-corrected chi connectivity index (χ0v) is 15.3. The van der Waals surface area contributed by atoms with E-state index in [0.717, 1.165) is 13.0 Å². The molecule has 1 amide bonds. The molecule has 0 saturated carbocycles. The second-order valence-electron chi connectivity index (χ2n) is 6.83. The van der Waals surface area contributed by atoms with Gasteiger partial charge < -0.3 is 5.32 Å². The Kier molecular flexibility index (Phi) is 8.53. The Morgan fingerprint density at radius 3 is 2.26 bits per heavy atom. The Morgan fingerprint density at radius 1 is 1.21 bits per heavy atom. The third kappa shape index (κ3) is 8.85. The third-order valence-corrected chi connectivity index (χ3v) is 6.28. The van der Waals surface area contributed by atoms with Crippen LogP contribution < -0.4 is 5.32 Å². The highest BCUT2D eigenvalue weighted by atomic mass is 33.1. The first-order valence-corrected chi connectivity index (χ1v) is 9.51. The lowest BCUT2D eigenvalue weighted by Crippen LogP contribution is -2.43. The molecule has 0 aromatic heterocycles. The SMILES string of the molecule is CCCSSC(C)(C)CNC(=O)C(C)(C)CC(C)C. The highest BCUT2D eigenvalue weighted by Gasteiger charge is 2.30. The highest BCUT2D eigenvalue weighted by molar-refractivity contribution is 8.77. The molecule has 0 bridgehead atoms. The Hall–Kier alpha value is 0.170. The first-order chi connectivity index (χ1) is 8.60. The molecule has 0 heterocycles. The average molecular weight is 306 g/mol. The third-order valence-electron chi connectivity index (χ3n) is 2.78. The molecule has 4 heteroatoms. The molecule has 1 N–H and O–H groups in total. The van der Waals surface area contributed by atoms with E-state index in [2.05, 4.69) is 39.9 Å². The number of carbonyl (C=O) groups is 1. The number of amides is 1. The Morgan fingerprint density at radius 2 is 1.79 bits per heavy atom. The fourth-order valence-electron chi connectivity index (χ4n) is 1.96. The average Bonchev–Trinajstić information content (AvgIpc) is 2.24. The van der Waals surface area contributed by atoms with Gasteiger partial charge in [-0.25, -0.2) is 0 Å². The predicted octanol–water partition coefficient (Wildman–Crippen LogP) is 4.74. The van der Waals surface area contributed by atoms with E-state index >= 15 is 0 Å². The van der Waals surface area contributed by atoms with Crippen LogP contribution >= 0.6 is 21.6 Å². The summed E-state index contributed by atoms with van der Waals surface area (Å²) < 4.78 is 0.0867. The molecule has 0 radical (unpaired) electrons. The van der Waals surface area contributed by atoms with Gasteiger partial charge in [0.1, 0.15) is 0 Å². The Balaban J connectivity index is 4.19. The predicted molar refractivity (Wildman–Crippen MR) is 90.7 cm³/mol. The highest BCUT2D eigenvalue weighted by Crippen LogP contribution is 2.35. The molecule has 2 nitrogen and oxygen atoms in total. The number of carbonyl (C=O) groups excluding carboxylic acids is 1. The van der Waals surface area contributed by atoms with E-state index in [0.29, 0.717) is 5.92 Å². The minimum absolute atomic E-state index is 0.0867. The van der Waals surface area contributed by atoms with E-state index in [9.17, 15) is 4.79 Å². The van der Waals surface area contributed by atoms with Crippen molar-refractivity contribution in [2.45, 2.75) is 66.1 Å². The molecule has 0 saturated heterocycles. The van der Waals surface area contributed by atoms with Crippen molar-refractivity contribution in [2.24, 2.45) is 11.3 Å². The van der Waals surface area contributed by atoms with Gasteiger partial charge in [-0.1, -0.05) is 56.2 Å². The van der Waals surface area contributed by atoms with Crippen LogP contribution in [0, 0.1) is 11.3 Å². The molecule has 0 aliphatic carbocycles. The molecule has 0 aliphatic rings. The van der Waals surface area contributed by atoms with Crippen LogP contribution in [0.25, 0.3) is 0 Å². The van der Waals surface area contributed by atoms with Crippen molar-refractivity contribution in [3.63, 3.8) is 0 Å². The molecular formula is C15H31NOS2. The minimum Gasteiger partial charge on any atom is -0.354 e. The number of nitrogens with one attached hydrogen (secondary N) is 1. The van der Waals surface area contributed by atoms with Gasteiger partial charge in [-0.3, -0.25) is 4.79 Å². The lowest BCUT2D eigenvalue weighted by Gasteiger charge is -2.29. The Labute approximate surface area is 127 Å². The van der Waals surface area contributed by atoms with Crippen LogP contribution in [0.1, 0.15) is 61.3 Å². The number of hydrogen-bond acceptors (Lipinski definition) is 3. The van der Waals surface area contributed by atoms with E-state index < -0.39 is 0 Å². The quantitative estimate of drug-likeness (QED) is 0.492. The summed E-state index contributed by atoms with van der Waals surface area (Å²) in [7, 11) is 3.77. The molecule has 0 spiro atoms. The molecule has 0 fully saturated rings. The fourth-order valence-corrected chi connectivity index (χ4v) is 4.54. The van der Waals surface area contributed by atoms with Crippen LogP contribution in [-0.4, -0.2) is 23.0 Å². The summed E-state index contributed by atoms with van der Waals surface area (Å²) in [5.74, 6) is 1.89. The lowest BCUT2D eigenvalue weighted by molar-refractivity contribution is -0.130. The molecule has 0 aliphatic heterocycles. The van der Waals surface area contributed by atoms with Crippen molar-refractivity contribution in [3.8, 4) is 0 Å². The lowest BCUT2D eigenvalue weighted by atomic mass is 9.83. The zero-order valence-electron chi connectivity index (χ0n) is 13.6. The largest absolute Gasteiger partial charge is 0.354 e. The van der Waals surface area contributed by atoms with Gasteiger partial charge in [-0.15, -0.1) is 0 Å². The molecule has 19 heavy (non-hydrogen) atoms. The smallest absolute Gasteiger partial charge is 0.225 e. The van der Waals surface area contributed by atoms with Crippen molar-refractivity contribution < 1.29 is 4.79 Å². The molecule has 0 aromatic rings.